The molecule has 8 nitrogen and oxygen atoms in total. The molecule has 0 saturated carbocycles. The molecule has 0 radical (unpaired) electrons. The minimum Gasteiger partial charge on any atom is -0.398 e. The fourth-order valence-electron chi connectivity index (χ4n) is 1.39. The largest absolute Gasteiger partial charge is 0.398 e. The van der Waals surface area contributed by atoms with Crippen LogP contribution in [0.15, 0.2) is 23.1 Å². The van der Waals surface area contributed by atoms with Crippen molar-refractivity contribution in [2.24, 2.45) is 16.9 Å². The van der Waals surface area contributed by atoms with Crippen molar-refractivity contribution in [1.29, 1.82) is 0 Å². The number of nitrogen functional groups attached to an aromatic ring is 1. The van der Waals surface area contributed by atoms with Gasteiger partial charge in [0.15, 0.2) is 0 Å². The molecule has 9 heteroatoms. The maximum absolute atomic E-state index is 12.1. The summed E-state index contributed by atoms with van der Waals surface area (Å²) in [6.07, 6.45) is 0. The first-order valence-corrected chi connectivity index (χ1v) is 7.44. The van der Waals surface area contributed by atoms with E-state index in [1.165, 1.54) is 32.0 Å². The zero-order valence-corrected chi connectivity index (χ0v) is 12.5. The van der Waals surface area contributed by atoms with Crippen molar-refractivity contribution < 1.29 is 18.0 Å². The topological polar surface area (TPSA) is 158 Å². The molecule has 0 saturated heterocycles. The Hall–Kier alpha value is -2.13. The maximum atomic E-state index is 12.1. The van der Waals surface area contributed by atoms with Gasteiger partial charge in [-0.1, -0.05) is 0 Å². The molecule has 0 aliphatic heterocycles. The second-order valence-electron chi connectivity index (χ2n) is 5.19. The third kappa shape index (κ3) is 3.92. The number of benzene rings is 1. The van der Waals surface area contributed by atoms with E-state index in [0.29, 0.717) is 0 Å². The van der Waals surface area contributed by atoms with Gasteiger partial charge < -0.3 is 17.2 Å². The summed E-state index contributed by atoms with van der Waals surface area (Å²) in [6, 6.07) is 3.61. The summed E-state index contributed by atoms with van der Waals surface area (Å²) < 4.78 is 26.5. The lowest BCUT2D eigenvalue weighted by atomic mass is 9.93. The van der Waals surface area contributed by atoms with Gasteiger partial charge in [0.05, 0.1) is 11.1 Å². The van der Waals surface area contributed by atoms with Crippen molar-refractivity contribution in [2.45, 2.75) is 18.7 Å². The summed E-state index contributed by atoms with van der Waals surface area (Å²) in [4.78, 5) is 22.0. The zero-order valence-electron chi connectivity index (χ0n) is 11.7. The lowest BCUT2D eigenvalue weighted by Gasteiger charge is -2.21. The monoisotopic (exact) mass is 314 g/mol. The van der Waals surface area contributed by atoms with Gasteiger partial charge >= 0.3 is 0 Å². The second kappa shape index (κ2) is 5.70. The number of carbonyl (C=O) groups is 2. The predicted molar refractivity (Wildman–Crippen MR) is 77.5 cm³/mol. The minimum atomic E-state index is -3.94. The molecular formula is C12H18N4O4S. The Morgan fingerprint density at radius 3 is 2.24 bits per heavy atom. The number of sulfonamides is 1. The van der Waals surface area contributed by atoms with Gasteiger partial charge in [-0.15, -0.1) is 0 Å². The van der Waals surface area contributed by atoms with Crippen molar-refractivity contribution >= 4 is 27.5 Å². The fraction of sp³-hybridized carbons (Fsp3) is 0.333. The van der Waals surface area contributed by atoms with Crippen LogP contribution in [0.1, 0.15) is 24.2 Å². The zero-order chi connectivity index (χ0) is 16.4. The SMILES string of the molecule is CC(C)(CNS(=O)(=O)c1ccc(C(N)=O)cc1N)C(N)=O. The number of primary amides is 2. The van der Waals surface area contributed by atoms with Gasteiger partial charge in [-0.3, -0.25) is 9.59 Å². The first-order valence-electron chi connectivity index (χ1n) is 5.96. The van der Waals surface area contributed by atoms with Gasteiger partial charge in [-0.25, -0.2) is 13.1 Å². The van der Waals surface area contributed by atoms with Gasteiger partial charge in [0.2, 0.25) is 21.8 Å². The van der Waals surface area contributed by atoms with Crippen LogP contribution in [0.2, 0.25) is 0 Å². The van der Waals surface area contributed by atoms with Crippen molar-refractivity contribution in [3.63, 3.8) is 0 Å². The number of nitrogens with two attached hydrogens (primary N) is 3. The molecule has 1 rings (SSSR count). The van der Waals surface area contributed by atoms with Crippen molar-refractivity contribution in [3.8, 4) is 0 Å². The smallest absolute Gasteiger partial charge is 0.248 e. The number of anilines is 1. The van der Waals surface area contributed by atoms with E-state index >= 15 is 0 Å². The van der Waals surface area contributed by atoms with Crippen LogP contribution in [-0.2, 0) is 14.8 Å². The fourth-order valence-corrected chi connectivity index (χ4v) is 2.71. The Labute approximate surface area is 122 Å². The van der Waals surface area contributed by atoms with Gasteiger partial charge in [0.1, 0.15) is 4.90 Å². The van der Waals surface area contributed by atoms with Crippen LogP contribution in [0.4, 0.5) is 5.69 Å². The van der Waals surface area contributed by atoms with Crippen LogP contribution in [-0.4, -0.2) is 26.8 Å². The summed E-state index contributed by atoms with van der Waals surface area (Å²) in [7, 11) is -3.94. The normalized spacial score (nSPS) is 12.1. The van der Waals surface area contributed by atoms with E-state index in [0.717, 1.165) is 0 Å². The molecule has 0 bridgehead atoms. The molecule has 7 N–H and O–H groups in total. The van der Waals surface area contributed by atoms with Gasteiger partial charge in [-0.05, 0) is 32.0 Å². The number of rotatable bonds is 6. The van der Waals surface area contributed by atoms with Crippen molar-refractivity contribution in [2.75, 3.05) is 12.3 Å². The van der Waals surface area contributed by atoms with Gasteiger partial charge in [0, 0.05) is 12.1 Å². The number of amides is 2. The summed E-state index contributed by atoms with van der Waals surface area (Å²) in [5, 5.41) is 0. The average molecular weight is 314 g/mol. The van der Waals surface area contributed by atoms with Crippen LogP contribution in [0.3, 0.4) is 0 Å². The highest BCUT2D eigenvalue weighted by atomic mass is 32.2. The summed E-state index contributed by atoms with van der Waals surface area (Å²) in [6.45, 7) is 2.84. The third-order valence-electron chi connectivity index (χ3n) is 2.95. The van der Waals surface area contributed by atoms with Crippen LogP contribution < -0.4 is 21.9 Å². The van der Waals surface area contributed by atoms with E-state index in [9.17, 15) is 18.0 Å². The van der Waals surface area contributed by atoms with Crippen LogP contribution in [0, 0.1) is 5.41 Å². The molecule has 0 aliphatic carbocycles. The molecule has 116 valence electrons. The van der Waals surface area contributed by atoms with Gasteiger partial charge in [-0.2, -0.15) is 0 Å². The molecule has 1 aromatic carbocycles. The van der Waals surface area contributed by atoms with E-state index in [2.05, 4.69) is 4.72 Å². The molecule has 0 aromatic heterocycles. The molecule has 0 unspecified atom stereocenters. The molecule has 0 fully saturated rings. The Morgan fingerprint density at radius 2 is 1.81 bits per heavy atom. The highest BCUT2D eigenvalue weighted by Gasteiger charge is 2.28. The van der Waals surface area contributed by atoms with E-state index in [4.69, 9.17) is 17.2 Å². The van der Waals surface area contributed by atoms with Crippen LogP contribution >= 0.6 is 0 Å². The summed E-state index contributed by atoms with van der Waals surface area (Å²) in [5.74, 6) is -1.35. The van der Waals surface area contributed by atoms with Crippen molar-refractivity contribution in [3.05, 3.63) is 23.8 Å². The number of nitrogens with one attached hydrogen (secondary N) is 1. The summed E-state index contributed by atoms with van der Waals surface area (Å²) in [5.41, 5.74) is 14.8. The summed E-state index contributed by atoms with van der Waals surface area (Å²) >= 11 is 0. The van der Waals surface area contributed by atoms with Crippen molar-refractivity contribution in [1.82, 2.24) is 4.72 Å². The first kappa shape index (κ1) is 16.9. The van der Waals surface area contributed by atoms with Crippen LogP contribution in [0.5, 0.6) is 0 Å². The molecule has 21 heavy (non-hydrogen) atoms. The van der Waals surface area contributed by atoms with E-state index in [1.807, 2.05) is 0 Å². The average Bonchev–Trinajstić information content (AvgIpc) is 2.36. The molecule has 0 heterocycles. The Morgan fingerprint density at radius 1 is 1.24 bits per heavy atom. The quantitative estimate of drug-likeness (QED) is 0.503. The maximum Gasteiger partial charge on any atom is 0.248 e. The van der Waals surface area contributed by atoms with Crippen LogP contribution in [0.25, 0.3) is 0 Å². The molecule has 2 amide bonds. The lowest BCUT2D eigenvalue weighted by molar-refractivity contribution is -0.125. The number of hydrogen-bond acceptors (Lipinski definition) is 5. The highest BCUT2D eigenvalue weighted by molar-refractivity contribution is 7.89. The lowest BCUT2D eigenvalue weighted by Crippen LogP contribution is -2.42. The molecule has 1 aromatic rings. The Balaban J connectivity index is 3.04. The predicted octanol–water partition coefficient (Wildman–Crippen LogP) is -0.842. The number of hydrogen-bond donors (Lipinski definition) is 4. The Bertz CT molecular complexity index is 682. The Kier molecular flexibility index (Phi) is 4.59. The minimum absolute atomic E-state index is 0.101. The standard InChI is InChI=1S/C12H18N4O4S/c1-12(2,11(15)18)6-16-21(19,20)9-4-3-7(10(14)17)5-8(9)13/h3-5,16H,6,13H2,1-2H3,(H2,14,17)(H2,15,18). The highest BCUT2D eigenvalue weighted by Crippen LogP contribution is 2.21. The van der Waals surface area contributed by atoms with E-state index in [1.54, 1.807) is 0 Å². The van der Waals surface area contributed by atoms with Gasteiger partial charge in [0.25, 0.3) is 0 Å². The molecular weight excluding hydrogens is 296 g/mol. The first-order chi connectivity index (χ1) is 9.47. The molecule has 0 aliphatic rings. The third-order valence-corrected chi connectivity index (χ3v) is 4.43. The molecule has 0 spiro atoms. The van der Waals surface area contributed by atoms with E-state index in [-0.39, 0.29) is 22.7 Å². The number of carbonyl (C=O) groups excluding carboxylic acids is 2. The molecule has 0 atom stereocenters. The second-order valence-corrected chi connectivity index (χ2v) is 6.92. The van der Waals surface area contributed by atoms with E-state index < -0.39 is 27.3 Å².